The fraction of sp³-hybridized carbons (Fsp3) is 0.0833. The largest absolute Gasteiger partial charge is 0.456 e. The number of pyridine rings is 1. The fourth-order valence-electron chi connectivity index (χ4n) is 1.32. The first-order chi connectivity index (χ1) is 8.19. The molecule has 1 heterocycles. The van der Waals surface area contributed by atoms with Gasteiger partial charge in [-0.15, -0.1) is 0 Å². The molecule has 0 radical (unpaired) electrons. The highest BCUT2D eigenvalue weighted by Gasteiger charge is 2.05. The zero-order valence-corrected chi connectivity index (χ0v) is 9.62. The lowest BCUT2D eigenvalue weighted by Gasteiger charge is -2.08. The van der Waals surface area contributed by atoms with Crippen LogP contribution in [0.15, 0.2) is 36.5 Å². The van der Waals surface area contributed by atoms with Crippen LogP contribution in [0.25, 0.3) is 0 Å². The monoisotopic (exact) mass is 252 g/mol. The number of ether oxygens (including phenoxy) is 1. The van der Waals surface area contributed by atoms with Crippen LogP contribution in [0.1, 0.15) is 5.69 Å². The highest BCUT2D eigenvalue weighted by Crippen LogP contribution is 2.29. The van der Waals surface area contributed by atoms with Crippen LogP contribution in [0.3, 0.4) is 0 Å². The zero-order chi connectivity index (χ0) is 12.3. The van der Waals surface area contributed by atoms with E-state index in [1.807, 2.05) is 0 Å². The third-order valence-corrected chi connectivity index (χ3v) is 2.41. The van der Waals surface area contributed by atoms with E-state index in [0.717, 1.165) is 0 Å². The molecule has 88 valence electrons. The number of hydrogen-bond acceptors (Lipinski definition) is 3. The smallest absolute Gasteiger partial charge is 0.146 e. The molecule has 0 aliphatic rings. The average Bonchev–Trinajstić information content (AvgIpc) is 2.33. The Balaban J connectivity index is 2.25. The van der Waals surface area contributed by atoms with Crippen molar-refractivity contribution in [3.05, 3.63) is 53.1 Å². The summed E-state index contributed by atoms with van der Waals surface area (Å²) in [6.45, 7) is 0.328. The van der Waals surface area contributed by atoms with E-state index in [4.69, 9.17) is 22.1 Å². The number of hydrogen-bond donors (Lipinski definition) is 1. The SMILES string of the molecule is NCc1cc(Oc2ccc(F)cc2Cl)ccn1. The van der Waals surface area contributed by atoms with Gasteiger partial charge in [0.2, 0.25) is 0 Å². The summed E-state index contributed by atoms with van der Waals surface area (Å²) >= 11 is 5.85. The topological polar surface area (TPSA) is 48.1 Å². The molecular formula is C12H10ClFN2O. The van der Waals surface area contributed by atoms with Gasteiger partial charge in [0.1, 0.15) is 17.3 Å². The molecule has 0 aliphatic heterocycles. The quantitative estimate of drug-likeness (QED) is 0.913. The van der Waals surface area contributed by atoms with Crippen molar-refractivity contribution < 1.29 is 9.13 Å². The van der Waals surface area contributed by atoms with E-state index in [1.165, 1.54) is 18.2 Å². The first-order valence-corrected chi connectivity index (χ1v) is 5.35. The molecule has 3 nitrogen and oxygen atoms in total. The van der Waals surface area contributed by atoms with Crippen LogP contribution >= 0.6 is 11.6 Å². The average molecular weight is 253 g/mol. The Morgan fingerprint density at radius 3 is 2.82 bits per heavy atom. The standard InChI is InChI=1S/C12H10ClFN2O/c13-11-5-8(14)1-2-12(11)17-10-3-4-16-9(6-10)7-15/h1-6H,7,15H2. The molecule has 2 rings (SSSR count). The van der Waals surface area contributed by atoms with Gasteiger partial charge in [-0.1, -0.05) is 11.6 Å². The molecule has 0 unspecified atom stereocenters. The predicted octanol–water partition coefficient (Wildman–Crippen LogP) is 3.13. The summed E-state index contributed by atoms with van der Waals surface area (Å²) in [6.07, 6.45) is 1.59. The van der Waals surface area contributed by atoms with Gasteiger partial charge < -0.3 is 10.5 Å². The molecule has 0 spiro atoms. The number of nitrogens with zero attached hydrogens (tertiary/aromatic N) is 1. The van der Waals surface area contributed by atoms with Gasteiger partial charge in [-0.3, -0.25) is 4.98 Å². The van der Waals surface area contributed by atoms with Gasteiger partial charge in [0.05, 0.1) is 10.7 Å². The molecule has 1 aromatic carbocycles. The second kappa shape index (κ2) is 5.12. The van der Waals surface area contributed by atoms with Gasteiger partial charge in [0.15, 0.2) is 0 Å². The summed E-state index contributed by atoms with van der Waals surface area (Å²) in [4.78, 5) is 4.04. The number of halogens is 2. The Bertz CT molecular complexity index is 534. The maximum absolute atomic E-state index is 12.8. The van der Waals surface area contributed by atoms with Crippen LogP contribution in [0.4, 0.5) is 4.39 Å². The molecule has 2 N–H and O–H groups in total. The summed E-state index contributed by atoms with van der Waals surface area (Å²) in [5.74, 6) is 0.552. The van der Waals surface area contributed by atoms with Crippen LogP contribution in [0.5, 0.6) is 11.5 Å². The molecule has 0 saturated carbocycles. The van der Waals surface area contributed by atoms with Gasteiger partial charge in [-0.2, -0.15) is 0 Å². The maximum atomic E-state index is 12.8. The van der Waals surface area contributed by atoms with Crippen molar-refractivity contribution in [2.24, 2.45) is 5.73 Å². The Morgan fingerprint density at radius 1 is 1.29 bits per heavy atom. The van der Waals surface area contributed by atoms with Gasteiger partial charge in [-0.25, -0.2) is 4.39 Å². The number of nitrogens with two attached hydrogens (primary N) is 1. The summed E-state index contributed by atoms with van der Waals surface area (Å²) in [5, 5.41) is 0.219. The van der Waals surface area contributed by atoms with Crippen molar-refractivity contribution in [2.45, 2.75) is 6.54 Å². The third kappa shape index (κ3) is 2.93. The molecule has 0 atom stereocenters. The normalized spacial score (nSPS) is 10.3. The minimum Gasteiger partial charge on any atom is -0.456 e. The lowest BCUT2D eigenvalue weighted by molar-refractivity contribution is 0.479. The first kappa shape index (κ1) is 11.8. The summed E-state index contributed by atoms with van der Waals surface area (Å²) in [6, 6.07) is 7.34. The molecule has 0 bridgehead atoms. The van der Waals surface area contributed by atoms with E-state index in [1.54, 1.807) is 18.3 Å². The molecule has 5 heteroatoms. The highest BCUT2D eigenvalue weighted by molar-refractivity contribution is 6.32. The van der Waals surface area contributed by atoms with Crippen molar-refractivity contribution in [1.29, 1.82) is 0 Å². The van der Waals surface area contributed by atoms with Crippen LogP contribution in [0, 0.1) is 5.82 Å². The van der Waals surface area contributed by atoms with E-state index in [2.05, 4.69) is 4.98 Å². The van der Waals surface area contributed by atoms with Crippen molar-refractivity contribution in [3.63, 3.8) is 0 Å². The Kier molecular flexibility index (Phi) is 3.56. The number of benzene rings is 1. The lowest BCUT2D eigenvalue weighted by atomic mass is 10.3. The summed E-state index contributed by atoms with van der Waals surface area (Å²) in [7, 11) is 0. The molecule has 2 aromatic rings. The van der Waals surface area contributed by atoms with Crippen molar-refractivity contribution >= 4 is 11.6 Å². The Morgan fingerprint density at radius 2 is 2.12 bits per heavy atom. The molecule has 0 saturated heterocycles. The second-order valence-electron chi connectivity index (χ2n) is 3.36. The van der Waals surface area contributed by atoms with E-state index in [-0.39, 0.29) is 5.02 Å². The molecule has 0 aliphatic carbocycles. The number of aromatic nitrogens is 1. The van der Waals surface area contributed by atoms with Crippen LogP contribution in [0.2, 0.25) is 5.02 Å². The van der Waals surface area contributed by atoms with Crippen molar-refractivity contribution in [2.75, 3.05) is 0 Å². The Hall–Kier alpha value is -1.65. The minimum absolute atomic E-state index is 0.219. The van der Waals surface area contributed by atoms with Crippen molar-refractivity contribution in [3.8, 4) is 11.5 Å². The third-order valence-electron chi connectivity index (χ3n) is 2.12. The minimum atomic E-state index is -0.403. The van der Waals surface area contributed by atoms with E-state index < -0.39 is 5.82 Å². The first-order valence-electron chi connectivity index (χ1n) is 4.97. The Labute approximate surface area is 103 Å². The van der Waals surface area contributed by atoms with Gasteiger partial charge in [0.25, 0.3) is 0 Å². The molecule has 0 amide bonds. The highest BCUT2D eigenvalue weighted by atomic mass is 35.5. The van der Waals surface area contributed by atoms with Gasteiger partial charge >= 0.3 is 0 Å². The van der Waals surface area contributed by atoms with Crippen molar-refractivity contribution in [1.82, 2.24) is 4.98 Å². The van der Waals surface area contributed by atoms with Crippen LogP contribution in [-0.2, 0) is 6.54 Å². The predicted molar refractivity (Wildman–Crippen MR) is 63.6 cm³/mol. The summed E-state index contributed by atoms with van der Waals surface area (Å²) < 4.78 is 18.4. The maximum Gasteiger partial charge on any atom is 0.146 e. The van der Waals surface area contributed by atoms with Crippen LogP contribution < -0.4 is 10.5 Å². The van der Waals surface area contributed by atoms with Crippen LogP contribution in [-0.4, -0.2) is 4.98 Å². The van der Waals surface area contributed by atoms with Gasteiger partial charge in [0, 0.05) is 18.8 Å². The zero-order valence-electron chi connectivity index (χ0n) is 8.86. The molecule has 0 fully saturated rings. The lowest BCUT2D eigenvalue weighted by Crippen LogP contribution is -1.99. The summed E-state index contributed by atoms with van der Waals surface area (Å²) in [5.41, 5.74) is 6.18. The second-order valence-corrected chi connectivity index (χ2v) is 3.77. The van der Waals surface area contributed by atoms with E-state index >= 15 is 0 Å². The molecule has 17 heavy (non-hydrogen) atoms. The molecule has 1 aromatic heterocycles. The van der Waals surface area contributed by atoms with Gasteiger partial charge in [-0.05, 0) is 24.3 Å². The number of rotatable bonds is 3. The fourth-order valence-corrected chi connectivity index (χ4v) is 1.52. The van der Waals surface area contributed by atoms with E-state index in [9.17, 15) is 4.39 Å². The molecular weight excluding hydrogens is 243 g/mol. The van der Waals surface area contributed by atoms with E-state index in [0.29, 0.717) is 23.7 Å².